The topological polar surface area (TPSA) is 56.7 Å². The number of rotatable bonds is 1. The van der Waals surface area contributed by atoms with Crippen LogP contribution >= 0.6 is 0 Å². The largest absolute Gasteiger partial charge is 0.384 e. The summed E-state index contributed by atoms with van der Waals surface area (Å²) in [4.78, 5) is 4.26. The maximum atomic E-state index is 5.65. The molecule has 0 amide bonds. The molecule has 0 unspecified atom stereocenters. The van der Waals surface area contributed by atoms with E-state index in [4.69, 9.17) is 5.73 Å². The molecule has 0 spiro atoms. The minimum absolute atomic E-state index is 0.0153. The Morgan fingerprint density at radius 2 is 2.00 bits per heavy atom. The van der Waals surface area contributed by atoms with E-state index >= 15 is 0 Å². The molecule has 16 heavy (non-hydrogen) atoms. The highest BCUT2D eigenvalue weighted by atomic mass is 15.3. The van der Waals surface area contributed by atoms with Crippen LogP contribution in [-0.4, -0.2) is 14.8 Å². The van der Waals surface area contributed by atoms with Crippen molar-refractivity contribution in [2.75, 3.05) is 5.73 Å². The molecule has 4 heteroatoms. The van der Waals surface area contributed by atoms with E-state index in [0.717, 1.165) is 11.3 Å². The van der Waals surface area contributed by atoms with Crippen molar-refractivity contribution in [3.8, 4) is 11.3 Å². The Morgan fingerprint density at radius 1 is 1.25 bits per heavy atom. The normalized spacial score (nSPS) is 11.7. The van der Waals surface area contributed by atoms with E-state index in [1.807, 2.05) is 29.2 Å². The van der Waals surface area contributed by atoms with Crippen LogP contribution < -0.4 is 5.73 Å². The number of nitrogen functional groups attached to an aromatic ring is 1. The van der Waals surface area contributed by atoms with Gasteiger partial charge >= 0.3 is 0 Å². The van der Waals surface area contributed by atoms with Gasteiger partial charge in [0.2, 0.25) is 0 Å². The Morgan fingerprint density at radius 3 is 2.56 bits per heavy atom. The van der Waals surface area contributed by atoms with Gasteiger partial charge in [-0.15, -0.1) is 0 Å². The van der Waals surface area contributed by atoms with Crippen LogP contribution in [0.1, 0.15) is 20.8 Å². The standard InChI is InChI=1S/C12H16N4/c1-12(2,3)16-8-9(7-14-16)10-5-4-6-11(13)15-10/h4-8H,1-3H3,(H2,13,15). The van der Waals surface area contributed by atoms with E-state index in [0.29, 0.717) is 5.82 Å². The number of hydrogen-bond donors (Lipinski definition) is 1. The van der Waals surface area contributed by atoms with Crippen molar-refractivity contribution in [3.05, 3.63) is 30.6 Å². The highest BCUT2D eigenvalue weighted by Crippen LogP contribution is 2.20. The zero-order valence-electron chi connectivity index (χ0n) is 9.81. The molecule has 84 valence electrons. The fourth-order valence-corrected chi connectivity index (χ4v) is 1.43. The lowest BCUT2D eigenvalue weighted by Crippen LogP contribution is -2.21. The summed E-state index contributed by atoms with van der Waals surface area (Å²) in [5, 5.41) is 4.33. The smallest absolute Gasteiger partial charge is 0.124 e. The molecule has 2 heterocycles. The quantitative estimate of drug-likeness (QED) is 0.795. The first kappa shape index (κ1) is 10.7. The average molecular weight is 216 g/mol. The van der Waals surface area contributed by atoms with Crippen LogP contribution in [0.5, 0.6) is 0 Å². The second kappa shape index (κ2) is 3.63. The molecule has 0 saturated carbocycles. The minimum Gasteiger partial charge on any atom is -0.384 e. The maximum absolute atomic E-state index is 5.65. The molecule has 2 aromatic rings. The van der Waals surface area contributed by atoms with Gasteiger partial charge in [0.15, 0.2) is 0 Å². The number of hydrogen-bond acceptors (Lipinski definition) is 3. The Labute approximate surface area is 95.1 Å². The first-order chi connectivity index (χ1) is 7.47. The molecule has 2 N–H and O–H groups in total. The lowest BCUT2D eigenvalue weighted by molar-refractivity contribution is 0.355. The zero-order chi connectivity index (χ0) is 11.8. The fourth-order valence-electron chi connectivity index (χ4n) is 1.43. The van der Waals surface area contributed by atoms with E-state index < -0.39 is 0 Å². The third-order valence-electron chi connectivity index (χ3n) is 2.34. The zero-order valence-corrected chi connectivity index (χ0v) is 9.81. The molecule has 2 rings (SSSR count). The number of pyridine rings is 1. The first-order valence-corrected chi connectivity index (χ1v) is 5.25. The van der Waals surface area contributed by atoms with Crippen molar-refractivity contribution in [2.45, 2.75) is 26.3 Å². The van der Waals surface area contributed by atoms with Crippen molar-refractivity contribution < 1.29 is 0 Å². The monoisotopic (exact) mass is 216 g/mol. The molecule has 0 aliphatic carbocycles. The molecule has 4 nitrogen and oxygen atoms in total. The highest BCUT2D eigenvalue weighted by Gasteiger charge is 2.14. The van der Waals surface area contributed by atoms with Gasteiger partial charge in [-0.1, -0.05) is 6.07 Å². The van der Waals surface area contributed by atoms with Crippen molar-refractivity contribution in [2.24, 2.45) is 0 Å². The van der Waals surface area contributed by atoms with Gasteiger partial charge in [0, 0.05) is 11.8 Å². The summed E-state index contributed by atoms with van der Waals surface area (Å²) in [6.45, 7) is 6.32. The van der Waals surface area contributed by atoms with Gasteiger partial charge in [0.05, 0.1) is 17.4 Å². The third kappa shape index (κ3) is 2.05. The van der Waals surface area contributed by atoms with Gasteiger partial charge < -0.3 is 5.73 Å². The van der Waals surface area contributed by atoms with Crippen LogP contribution in [-0.2, 0) is 5.54 Å². The molecular formula is C12H16N4. The van der Waals surface area contributed by atoms with Crippen molar-refractivity contribution in [3.63, 3.8) is 0 Å². The summed E-state index contributed by atoms with van der Waals surface area (Å²) < 4.78 is 1.92. The van der Waals surface area contributed by atoms with E-state index in [1.54, 1.807) is 6.07 Å². The van der Waals surface area contributed by atoms with Gasteiger partial charge in [0.1, 0.15) is 5.82 Å². The maximum Gasteiger partial charge on any atom is 0.124 e. The molecule has 0 atom stereocenters. The number of nitrogens with two attached hydrogens (primary N) is 1. The second-order valence-corrected chi connectivity index (χ2v) is 4.79. The number of nitrogens with zero attached hydrogens (tertiary/aromatic N) is 3. The van der Waals surface area contributed by atoms with Gasteiger partial charge in [0.25, 0.3) is 0 Å². The molecule has 0 radical (unpaired) electrons. The van der Waals surface area contributed by atoms with Crippen molar-refractivity contribution in [1.82, 2.24) is 14.8 Å². The summed E-state index contributed by atoms with van der Waals surface area (Å²) in [6.07, 6.45) is 3.80. The molecule has 0 bridgehead atoms. The molecule has 0 aliphatic heterocycles. The summed E-state index contributed by atoms with van der Waals surface area (Å²) in [5.74, 6) is 0.529. The lowest BCUT2D eigenvalue weighted by Gasteiger charge is -2.18. The summed E-state index contributed by atoms with van der Waals surface area (Å²) in [5.41, 5.74) is 7.48. The van der Waals surface area contributed by atoms with E-state index in [9.17, 15) is 0 Å². The summed E-state index contributed by atoms with van der Waals surface area (Å²) >= 11 is 0. The highest BCUT2D eigenvalue weighted by molar-refractivity contribution is 5.58. The number of aromatic nitrogens is 3. The molecule has 0 fully saturated rings. The first-order valence-electron chi connectivity index (χ1n) is 5.25. The van der Waals surface area contributed by atoms with Gasteiger partial charge in [-0.3, -0.25) is 4.68 Å². The fraction of sp³-hybridized carbons (Fsp3) is 0.333. The van der Waals surface area contributed by atoms with Crippen LogP contribution in [0.3, 0.4) is 0 Å². The molecule has 0 saturated heterocycles. The number of anilines is 1. The average Bonchev–Trinajstić information content (AvgIpc) is 2.65. The Bertz CT molecular complexity index is 494. The summed E-state index contributed by atoms with van der Waals surface area (Å²) in [6, 6.07) is 5.60. The predicted octanol–water partition coefficient (Wildman–Crippen LogP) is 2.28. The molecule has 0 aromatic carbocycles. The minimum atomic E-state index is -0.0153. The van der Waals surface area contributed by atoms with E-state index in [2.05, 4.69) is 30.9 Å². The van der Waals surface area contributed by atoms with Crippen LogP contribution in [0.2, 0.25) is 0 Å². The summed E-state index contributed by atoms with van der Waals surface area (Å²) in [7, 11) is 0. The van der Waals surface area contributed by atoms with E-state index in [-0.39, 0.29) is 5.54 Å². The van der Waals surface area contributed by atoms with Crippen molar-refractivity contribution >= 4 is 5.82 Å². The predicted molar refractivity (Wildman–Crippen MR) is 64.9 cm³/mol. The van der Waals surface area contributed by atoms with Crippen LogP contribution in [0, 0.1) is 0 Å². The SMILES string of the molecule is CC(C)(C)n1cc(-c2cccc(N)n2)cn1. The third-order valence-corrected chi connectivity index (χ3v) is 2.34. The lowest BCUT2D eigenvalue weighted by atomic mass is 10.1. The van der Waals surface area contributed by atoms with Gasteiger partial charge in [-0.25, -0.2) is 4.98 Å². The van der Waals surface area contributed by atoms with Crippen LogP contribution in [0.4, 0.5) is 5.82 Å². The molecular weight excluding hydrogens is 200 g/mol. The second-order valence-electron chi connectivity index (χ2n) is 4.79. The van der Waals surface area contributed by atoms with Gasteiger partial charge in [-0.2, -0.15) is 5.10 Å². The van der Waals surface area contributed by atoms with E-state index in [1.165, 1.54) is 0 Å². The Kier molecular flexibility index (Phi) is 2.42. The van der Waals surface area contributed by atoms with Crippen LogP contribution in [0.15, 0.2) is 30.6 Å². The van der Waals surface area contributed by atoms with Gasteiger partial charge in [-0.05, 0) is 32.9 Å². The molecule has 0 aliphatic rings. The Balaban J connectivity index is 2.39. The molecule has 2 aromatic heterocycles. The van der Waals surface area contributed by atoms with Crippen LogP contribution in [0.25, 0.3) is 11.3 Å². The van der Waals surface area contributed by atoms with Crippen molar-refractivity contribution in [1.29, 1.82) is 0 Å². The Hall–Kier alpha value is -1.84.